The number of rotatable bonds is 6. The van der Waals surface area contributed by atoms with Gasteiger partial charge in [0.1, 0.15) is 0 Å². The molecule has 1 saturated carbocycles. The second kappa shape index (κ2) is 18.5. The van der Waals surface area contributed by atoms with Crippen LogP contribution in [0.25, 0.3) is 53.8 Å². The topological polar surface area (TPSA) is 25.8 Å². The van der Waals surface area contributed by atoms with Crippen LogP contribution in [0, 0.1) is 17.5 Å². The number of hydrogen-bond acceptors (Lipinski definition) is 3. The van der Waals surface area contributed by atoms with Crippen LogP contribution < -0.4 is 5.19 Å². The average Bonchev–Trinajstić information content (AvgIpc) is 3.58. The predicted molar refractivity (Wildman–Crippen MR) is 265 cm³/mol. The van der Waals surface area contributed by atoms with Gasteiger partial charge in [-0.2, -0.15) is 11.3 Å². The average molecular weight is 1020 g/mol. The Labute approximate surface area is 386 Å². The van der Waals surface area contributed by atoms with Crippen LogP contribution in [-0.4, -0.2) is 18.0 Å². The summed E-state index contributed by atoms with van der Waals surface area (Å²) in [5, 5.41) is 4.11. The maximum atomic E-state index is 4.83. The van der Waals surface area contributed by atoms with Crippen LogP contribution in [0.4, 0.5) is 0 Å². The Bertz CT molecular complexity index is 2560. The van der Waals surface area contributed by atoms with Gasteiger partial charge in [0, 0.05) is 37.2 Å². The van der Waals surface area contributed by atoms with Gasteiger partial charge in [0.25, 0.3) is 0 Å². The number of nitrogens with zero attached hydrogens (tertiary/aromatic N) is 2. The van der Waals surface area contributed by atoms with E-state index in [0.717, 1.165) is 28.9 Å². The summed E-state index contributed by atoms with van der Waals surface area (Å²) in [5.74, 6) is 0.673. The number of benzene rings is 4. The summed E-state index contributed by atoms with van der Waals surface area (Å²) in [5.41, 5.74) is 13.1. The van der Waals surface area contributed by atoms with Crippen molar-refractivity contribution in [2.24, 2.45) is 5.41 Å². The zero-order chi connectivity index (χ0) is 43.0. The van der Waals surface area contributed by atoms with E-state index in [4.69, 9.17) is 9.97 Å². The van der Waals surface area contributed by atoms with E-state index in [1.807, 2.05) is 35.7 Å². The minimum atomic E-state index is -1.37. The van der Waals surface area contributed by atoms with Crippen LogP contribution in [0.1, 0.15) is 123 Å². The molecule has 1 aliphatic rings. The smallest absolute Gasteiger partial charge is 0.0798 e. The summed E-state index contributed by atoms with van der Waals surface area (Å²) in [6, 6.07) is 40.3. The van der Waals surface area contributed by atoms with Gasteiger partial charge in [-0.05, 0) is 102 Å². The van der Waals surface area contributed by atoms with Gasteiger partial charge >= 0.3 is 0 Å². The Morgan fingerprint density at radius 1 is 0.672 bits per heavy atom. The Morgan fingerprint density at radius 2 is 1.38 bits per heavy atom. The molecule has 1 radical (unpaired) electrons. The molecular formula is C56H66IrN2SSi-2. The van der Waals surface area contributed by atoms with Crippen LogP contribution in [0.3, 0.4) is 0 Å². The minimum Gasteiger partial charge on any atom is -0.305 e. The van der Waals surface area contributed by atoms with Gasteiger partial charge in [0.05, 0.1) is 8.07 Å². The fourth-order valence-electron chi connectivity index (χ4n) is 8.64. The van der Waals surface area contributed by atoms with Crippen LogP contribution in [0.15, 0.2) is 103 Å². The molecule has 7 aromatic rings. The molecule has 61 heavy (non-hydrogen) atoms. The first-order chi connectivity index (χ1) is 28.2. The van der Waals surface area contributed by atoms with E-state index in [2.05, 4.69) is 173 Å². The summed E-state index contributed by atoms with van der Waals surface area (Å²) in [6.45, 7) is 27.9. The summed E-state index contributed by atoms with van der Waals surface area (Å²) in [6.07, 6.45) is 11.9. The quantitative estimate of drug-likeness (QED) is 0.123. The number of aromatic nitrogens is 2. The molecule has 3 aromatic heterocycles. The third kappa shape index (κ3) is 11.3. The van der Waals surface area contributed by atoms with Crippen molar-refractivity contribution in [1.29, 1.82) is 0 Å². The molecule has 0 aliphatic heterocycles. The molecule has 4 aromatic carbocycles. The second-order valence-electron chi connectivity index (χ2n) is 21.5. The molecule has 0 N–H and O–H groups in total. The Hall–Kier alpha value is -3.73. The van der Waals surface area contributed by atoms with Gasteiger partial charge in [0.15, 0.2) is 0 Å². The minimum absolute atomic E-state index is 0. The maximum absolute atomic E-state index is 4.83. The van der Waals surface area contributed by atoms with E-state index >= 15 is 0 Å². The molecule has 8 rings (SSSR count). The Kier molecular flexibility index (Phi) is 14.2. The number of thiophene rings is 1. The van der Waals surface area contributed by atoms with Crippen molar-refractivity contribution in [3.05, 3.63) is 138 Å². The normalized spacial score (nSPS) is 14.1. The molecule has 0 atom stereocenters. The van der Waals surface area contributed by atoms with E-state index in [1.54, 1.807) is 0 Å². The van der Waals surface area contributed by atoms with Crippen molar-refractivity contribution in [2.75, 3.05) is 0 Å². The first-order valence-corrected chi connectivity index (χ1v) is 26.5. The zero-order valence-electron chi connectivity index (χ0n) is 38.8. The largest absolute Gasteiger partial charge is 0.305 e. The van der Waals surface area contributed by atoms with E-state index in [0.29, 0.717) is 5.92 Å². The van der Waals surface area contributed by atoms with Gasteiger partial charge in [0.2, 0.25) is 0 Å². The van der Waals surface area contributed by atoms with Gasteiger partial charge in [-0.25, -0.2) is 0 Å². The van der Waals surface area contributed by atoms with Gasteiger partial charge in [-0.3, -0.25) is 0 Å². The first kappa shape index (κ1) is 46.8. The third-order valence-corrected chi connectivity index (χ3v) is 15.3. The Morgan fingerprint density at radius 3 is 2.00 bits per heavy atom. The van der Waals surface area contributed by atoms with Crippen molar-refractivity contribution in [1.82, 2.24) is 9.97 Å². The summed E-state index contributed by atoms with van der Waals surface area (Å²) in [7, 11) is -1.37. The number of pyridine rings is 2. The molecule has 3 heterocycles. The van der Waals surface area contributed by atoms with Gasteiger partial charge in [-0.1, -0.05) is 160 Å². The summed E-state index contributed by atoms with van der Waals surface area (Å²) < 4.78 is 2.61. The van der Waals surface area contributed by atoms with Crippen LogP contribution in [-0.2, 0) is 37.4 Å². The first-order valence-electron chi connectivity index (χ1n) is 22.2. The van der Waals surface area contributed by atoms with E-state index in [1.165, 1.54) is 90.8 Å². The summed E-state index contributed by atoms with van der Waals surface area (Å²) >= 11 is 1.88. The van der Waals surface area contributed by atoms with Gasteiger partial charge < -0.3 is 9.97 Å². The predicted octanol–water partition coefficient (Wildman–Crippen LogP) is 15.9. The standard InChI is InChI=1S/C37H40NS.C19H26NSi.Ir/c1-36(2,3)28-19-27(20-29(23-28)37(4,5)6)25-15-16-30-31-13-10-14-32(35(31)39-34(30)22-25)33-21-26(17-18-38-33)24-11-8-7-9-12-24;1-19(2,3)13-16-12-17(15-10-8-7-9-11-15)20-14-18(16)21(4,5)6;/h10,13,15-24H,7-9,11-12H2,1-6H3;7-10,12,14H,13H2,1-6H3;/q2*-1;. The molecule has 2 nitrogen and oxygen atoms in total. The zero-order valence-corrected chi connectivity index (χ0v) is 43.0. The molecular weight excluding hydrogens is 953 g/mol. The molecule has 5 heteroatoms. The molecule has 0 spiro atoms. The number of fused-ring (bicyclic) bond motifs is 3. The maximum Gasteiger partial charge on any atom is 0.0798 e. The molecule has 1 aliphatic carbocycles. The van der Waals surface area contributed by atoms with Crippen molar-refractivity contribution < 1.29 is 20.1 Å². The van der Waals surface area contributed by atoms with Crippen LogP contribution in [0.5, 0.6) is 0 Å². The van der Waals surface area contributed by atoms with E-state index in [-0.39, 0.29) is 36.4 Å². The van der Waals surface area contributed by atoms with Crippen molar-refractivity contribution in [2.45, 2.75) is 137 Å². The molecule has 0 saturated heterocycles. The van der Waals surface area contributed by atoms with Gasteiger partial charge in [-0.15, -0.1) is 59.7 Å². The monoisotopic (exact) mass is 1020 g/mol. The molecule has 0 unspecified atom stereocenters. The molecule has 0 bridgehead atoms. The van der Waals surface area contributed by atoms with E-state index < -0.39 is 8.07 Å². The molecule has 0 amide bonds. The van der Waals surface area contributed by atoms with Crippen LogP contribution >= 0.6 is 11.3 Å². The SMILES string of the molecule is CC(C)(C)Cc1cc(-c2[c-]cccc2)ncc1[Si](C)(C)C.CC(C)(C)c1cc(-c2ccc3c(c2)sc2c(-c4cc(C5CCCCC5)ccn4)[c-]ccc23)cc(C(C)(C)C)c1.[Ir]. The van der Waals surface area contributed by atoms with E-state index in [9.17, 15) is 0 Å². The molecule has 321 valence electrons. The fourth-order valence-corrected chi connectivity index (χ4v) is 11.5. The fraction of sp³-hybridized carbons (Fsp3) is 0.393. The Balaban J connectivity index is 0.000000240. The van der Waals surface area contributed by atoms with Crippen molar-refractivity contribution in [3.8, 4) is 33.6 Å². The van der Waals surface area contributed by atoms with Crippen molar-refractivity contribution >= 4 is 44.8 Å². The second-order valence-corrected chi connectivity index (χ2v) is 27.6. The van der Waals surface area contributed by atoms with Crippen LogP contribution in [0.2, 0.25) is 19.6 Å². The molecule has 1 fully saturated rings. The number of hydrogen-bond donors (Lipinski definition) is 0. The summed E-state index contributed by atoms with van der Waals surface area (Å²) in [4.78, 5) is 9.54. The third-order valence-electron chi connectivity index (χ3n) is 12.1. The van der Waals surface area contributed by atoms with Crippen molar-refractivity contribution in [3.63, 3.8) is 0 Å².